The minimum atomic E-state index is 0.392. The predicted octanol–water partition coefficient (Wildman–Crippen LogP) is 14.8. The van der Waals surface area contributed by atoms with Crippen LogP contribution in [0.4, 0.5) is 5.69 Å². The van der Waals surface area contributed by atoms with E-state index < -0.39 is 0 Å². The first-order chi connectivity index (χ1) is 32.6. The van der Waals surface area contributed by atoms with E-state index in [4.69, 9.17) is 21.5 Å². The number of hydrogen-bond acceptors (Lipinski definition) is 4. The van der Waals surface area contributed by atoms with Gasteiger partial charge in [-0.05, 0) is 76.9 Å². The van der Waals surface area contributed by atoms with Gasteiger partial charge < -0.3 is 9.13 Å². The van der Waals surface area contributed by atoms with Crippen molar-refractivity contribution in [2.24, 2.45) is 0 Å². The van der Waals surface area contributed by atoms with E-state index in [0.29, 0.717) is 39.9 Å². The van der Waals surface area contributed by atoms with Crippen LogP contribution in [0, 0.1) is 17.9 Å². The SMILES string of the molecule is [C-]#[N+]c1ccc(-n2c3ccccc3c3ccc(-c4ccccc4)cc32)c(-c2nc(-c3ccccc3)nc(-c3cc(C#N)ccc3-n3c4ccccc4c4ccc(-c5ccccc5)cc43)n2)c1. The Bertz CT molecular complexity index is 3710. The molecule has 306 valence electrons. The average Bonchev–Trinajstić information content (AvgIpc) is 3.91. The number of hydrogen-bond donors (Lipinski definition) is 0. The maximum Gasteiger partial charge on any atom is 0.188 e. The summed E-state index contributed by atoms with van der Waals surface area (Å²) in [6.45, 7) is 8.17. The summed E-state index contributed by atoms with van der Waals surface area (Å²) in [4.78, 5) is 19.8. The lowest BCUT2D eigenvalue weighted by molar-refractivity contribution is 1.06. The highest BCUT2D eigenvalue weighted by Crippen LogP contribution is 2.41. The highest BCUT2D eigenvalue weighted by Gasteiger charge is 2.23. The van der Waals surface area contributed by atoms with Crippen LogP contribution in [-0.2, 0) is 0 Å². The second-order valence-electron chi connectivity index (χ2n) is 16.2. The molecule has 0 N–H and O–H groups in total. The van der Waals surface area contributed by atoms with Gasteiger partial charge in [0.2, 0.25) is 0 Å². The van der Waals surface area contributed by atoms with Crippen LogP contribution in [0.5, 0.6) is 0 Å². The van der Waals surface area contributed by atoms with Crippen molar-refractivity contribution >= 4 is 49.3 Å². The van der Waals surface area contributed by atoms with Gasteiger partial charge in [-0.15, -0.1) is 0 Å². The molecule has 3 aromatic heterocycles. The van der Waals surface area contributed by atoms with Crippen LogP contribution in [0.1, 0.15) is 5.56 Å². The first kappa shape index (κ1) is 38.3. The molecule has 0 aliphatic rings. The average molecular weight is 842 g/mol. The van der Waals surface area contributed by atoms with E-state index in [0.717, 1.165) is 82.8 Å². The lowest BCUT2D eigenvalue weighted by Gasteiger charge is -2.17. The summed E-state index contributed by atoms with van der Waals surface area (Å²) >= 11 is 0. The number of fused-ring (bicyclic) bond motifs is 6. The van der Waals surface area contributed by atoms with Gasteiger partial charge in [-0.1, -0.05) is 158 Å². The van der Waals surface area contributed by atoms with Gasteiger partial charge in [0, 0.05) is 38.2 Å². The fourth-order valence-electron chi connectivity index (χ4n) is 9.36. The van der Waals surface area contributed by atoms with Gasteiger partial charge in [0.25, 0.3) is 0 Å². The number of benzene rings is 9. The maximum absolute atomic E-state index is 10.4. The molecule has 0 saturated heterocycles. The third-order valence-corrected chi connectivity index (χ3v) is 12.4. The Balaban J connectivity index is 1.14. The van der Waals surface area contributed by atoms with Crippen LogP contribution >= 0.6 is 0 Å². The van der Waals surface area contributed by atoms with Crippen molar-refractivity contribution in [2.45, 2.75) is 0 Å². The molecule has 0 aliphatic carbocycles. The lowest BCUT2D eigenvalue weighted by atomic mass is 10.0. The molecular formula is C59H35N7. The van der Waals surface area contributed by atoms with Gasteiger partial charge in [-0.25, -0.2) is 19.8 Å². The molecule has 0 spiro atoms. The van der Waals surface area contributed by atoms with Gasteiger partial charge in [-0.3, -0.25) is 0 Å². The molecule has 7 heteroatoms. The monoisotopic (exact) mass is 841 g/mol. The van der Waals surface area contributed by atoms with Crippen molar-refractivity contribution in [3.63, 3.8) is 0 Å². The number of nitrogens with zero attached hydrogens (tertiary/aromatic N) is 7. The van der Waals surface area contributed by atoms with E-state index in [9.17, 15) is 5.26 Å². The summed E-state index contributed by atoms with van der Waals surface area (Å²) in [5, 5.41) is 14.8. The third kappa shape index (κ3) is 6.39. The Morgan fingerprint density at radius 2 is 0.818 bits per heavy atom. The molecule has 0 radical (unpaired) electrons. The number of aromatic nitrogens is 5. The first-order valence-electron chi connectivity index (χ1n) is 21.7. The van der Waals surface area contributed by atoms with Crippen molar-refractivity contribution in [2.75, 3.05) is 0 Å². The fourth-order valence-corrected chi connectivity index (χ4v) is 9.36. The molecule has 7 nitrogen and oxygen atoms in total. The van der Waals surface area contributed by atoms with Crippen molar-refractivity contribution in [3.8, 4) is 73.9 Å². The van der Waals surface area contributed by atoms with Crippen molar-refractivity contribution in [1.29, 1.82) is 5.26 Å². The zero-order chi connectivity index (χ0) is 44.1. The van der Waals surface area contributed by atoms with Crippen LogP contribution in [0.2, 0.25) is 0 Å². The summed E-state index contributed by atoms with van der Waals surface area (Å²) in [6.07, 6.45) is 0. The smallest absolute Gasteiger partial charge is 0.188 e. The first-order valence-corrected chi connectivity index (χ1v) is 21.7. The van der Waals surface area contributed by atoms with E-state index in [2.05, 4.69) is 154 Å². The molecule has 9 aromatic carbocycles. The molecular weight excluding hydrogens is 807 g/mol. The quantitative estimate of drug-likeness (QED) is 0.150. The van der Waals surface area contributed by atoms with Crippen molar-refractivity contribution in [1.82, 2.24) is 24.1 Å². The Morgan fingerprint density at radius 3 is 1.33 bits per heavy atom. The van der Waals surface area contributed by atoms with Gasteiger partial charge in [0.15, 0.2) is 23.2 Å². The zero-order valence-electron chi connectivity index (χ0n) is 35.3. The molecule has 0 amide bonds. The van der Waals surface area contributed by atoms with Gasteiger partial charge in [0.1, 0.15) is 0 Å². The molecule has 3 heterocycles. The van der Waals surface area contributed by atoms with Crippen LogP contribution in [0.3, 0.4) is 0 Å². The molecule has 0 fully saturated rings. The number of nitriles is 1. The molecule has 66 heavy (non-hydrogen) atoms. The Morgan fingerprint density at radius 1 is 0.379 bits per heavy atom. The highest BCUT2D eigenvalue weighted by molar-refractivity contribution is 6.12. The van der Waals surface area contributed by atoms with Gasteiger partial charge >= 0.3 is 0 Å². The maximum atomic E-state index is 10.4. The topological polar surface area (TPSA) is 76.7 Å². The van der Waals surface area contributed by atoms with Gasteiger partial charge in [-0.2, -0.15) is 5.26 Å². The second-order valence-corrected chi connectivity index (χ2v) is 16.2. The molecule has 0 atom stereocenters. The van der Waals surface area contributed by atoms with E-state index >= 15 is 0 Å². The zero-order valence-corrected chi connectivity index (χ0v) is 35.3. The summed E-state index contributed by atoms with van der Waals surface area (Å²) in [5.41, 5.74) is 13.1. The largest absolute Gasteiger partial charge is 0.309 e. The van der Waals surface area contributed by atoms with Crippen LogP contribution in [0.15, 0.2) is 212 Å². The van der Waals surface area contributed by atoms with E-state index in [1.807, 2.05) is 78.9 Å². The fraction of sp³-hybridized carbons (Fsp3) is 0. The van der Waals surface area contributed by atoms with Crippen molar-refractivity contribution < 1.29 is 0 Å². The third-order valence-electron chi connectivity index (χ3n) is 12.4. The Labute approximate surface area is 380 Å². The summed E-state index contributed by atoms with van der Waals surface area (Å²) in [5.74, 6) is 1.25. The predicted molar refractivity (Wildman–Crippen MR) is 267 cm³/mol. The second kappa shape index (κ2) is 15.7. The summed E-state index contributed by atoms with van der Waals surface area (Å²) in [6, 6.07) is 74.5. The van der Waals surface area contributed by atoms with Gasteiger partial charge in [0.05, 0.1) is 51.6 Å². The normalized spacial score (nSPS) is 11.3. The standard InChI is InChI=1S/C59H35N7/c1-61-44-28-32-54(66-52-24-14-12-22-46(52)48-30-27-43(35-56(48)66)40-17-7-3-8-18-40)50(36-44)59-63-57(41-19-9-4-10-20-41)62-58(64-59)49-33-38(37-60)25-31-53(49)65-51-23-13-11-21-45(51)47-29-26-42(34-55(47)65)39-15-5-2-6-16-39/h2-36H. The number of para-hydroxylation sites is 2. The molecule has 12 aromatic rings. The highest BCUT2D eigenvalue weighted by atomic mass is 15.1. The Hall–Kier alpha value is -9.43. The molecule has 0 unspecified atom stereocenters. The van der Waals surface area contributed by atoms with E-state index in [-0.39, 0.29) is 0 Å². The van der Waals surface area contributed by atoms with Crippen LogP contribution in [0.25, 0.3) is 116 Å². The minimum absolute atomic E-state index is 0.392. The minimum Gasteiger partial charge on any atom is -0.309 e. The summed E-state index contributed by atoms with van der Waals surface area (Å²) < 4.78 is 4.52. The van der Waals surface area contributed by atoms with E-state index in [1.165, 1.54) is 0 Å². The van der Waals surface area contributed by atoms with Crippen LogP contribution < -0.4 is 0 Å². The lowest BCUT2D eigenvalue weighted by Crippen LogP contribution is -2.06. The molecule has 12 rings (SSSR count). The Kier molecular flexibility index (Phi) is 9.12. The number of rotatable bonds is 7. The summed E-state index contributed by atoms with van der Waals surface area (Å²) in [7, 11) is 0. The van der Waals surface area contributed by atoms with E-state index in [1.54, 1.807) is 0 Å². The van der Waals surface area contributed by atoms with Crippen molar-refractivity contribution in [3.05, 3.63) is 229 Å². The molecule has 0 bridgehead atoms. The molecule has 0 aliphatic heterocycles. The van der Waals surface area contributed by atoms with Crippen LogP contribution in [-0.4, -0.2) is 24.1 Å². The molecule has 0 saturated carbocycles.